The molecule has 1 aromatic heterocycles. The molecule has 4 saturated heterocycles. The second kappa shape index (κ2) is 16.9. The van der Waals surface area contributed by atoms with Gasteiger partial charge < -0.3 is 29.7 Å². The third kappa shape index (κ3) is 8.43. The quantitative estimate of drug-likeness (QED) is 0.250. The van der Waals surface area contributed by atoms with Crippen LogP contribution < -0.4 is 40.4 Å². The molecule has 19 heteroatoms. The molecule has 6 heterocycles. The van der Waals surface area contributed by atoms with Gasteiger partial charge in [0, 0.05) is 83.1 Å². The fourth-order valence-corrected chi connectivity index (χ4v) is 9.44. The third-order valence-corrected chi connectivity index (χ3v) is 13.2. The number of ether oxygens (including phenoxy) is 1. The van der Waals surface area contributed by atoms with Crippen LogP contribution in [0.15, 0.2) is 42.6 Å². The van der Waals surface area contributed by atoms with Crippen molar-refractivity contribution in [1.82, 2.24) is 30.6 Å². The maximum absolute atomic E-state index is 15.5. The van der Waals surface area contributed by atoms with Gasteiger partial charge in [-0.05, 0) is 87.8 Å². The molecule has 62 heavy (non-hydrogen) atoms. The summed E-state index contributed by atoms with van der Waals surface area (Å²) in [5, 5.41) is 7.39. The molecule has 0 bridgehead atoms. The number of likely N-dealkylation sites (N-methyl/N-ethyl adjacent to an activating group) is 1. The van der Waals surface area contributed by atoms with Gasteiger partial charge in [-0.15, -0.1) is 0 Å². The predicted molar refractivity (Wildman–Crippen MR) is 228 cm³/mol. The van der Waals surface area contributed by atoms with Gasteiger partial charge >= 0.3 is 5.92 Å². The number of methoxy groups -OCH3 is 1. The minimum atomic E-state index is -3.61. The Hall–Kier alpha value is -5.69. The fourth-order valence-electron chi connectivity index (χ4n) is 9.44. The van der Waals surface area contributed by atoms with E-state index in [0.717, 1.165) is 56.8 Å². The Morgan fingerprint density at radius 1 is 0.984 bits per heavy atom. The van der Waals surface area contributed by atoms with Gasteiger partial charge in [0.05, 0.1) is 31.2 Å². The number of benzene rings is 2. The first-order chi connectivity index (χ1) is 29.5. The number of nitrogens with one attached hydrogen (secondary N) is 3. The van der Waals surface area contributed by atoms with Crippen LogP contribution in [0.1, 0.15) is 62.7 Å². The number of imide groups is 1. The molecule has 3 aromatic rings. The summed E-state index contributed by atoms with van der Waals surface area (Å²) in [6.07, 6.45) is 5.77. The van der Waals surface area contributed by atoms with Crippen LogP contribution in [0, 0.1) is 11.2 Å². The van der Waals surface area contributed by atoms with Crippen molar-refractivity contribution in [3.05, 3.63) is 54.0 Å². The van der Waals surface area contributed by atoms with E-state index < -0.39 is 24.4 Å². The maximum Gasteiger partial charge on any atom is 0.342 e. The van der Waals surface area contributed by atoms with Gasteiger partial charge in [0.2, 0.25) is 17.8 Å². The lowest BCUT2D eigenvalue weighted by Crippen LogP contribution is -2.64. The molecule has 0 saturated carbocycles. The smallest absolute Gasteiger partial charge is 0.342 e. The molecule has 1 spiro atoms. The molecule has 5 aliphatic rings. The lowest BCUT2D eigenvalue weighted by atomic mass is 9.71. The van der Waals surface area contributed by atoms with Gasteiger partial charge in [-0.3, -0.25) is 34.8 Å². The third-order valence-electron chi connectivity index (χ3n) is 13.2. The minimum Gasteiger partial charge on any atom is -0.495 e. The van der Waals surface area contributed by atoms with Crippen molar-refractivity contribution in [2.75, 3.05) is 91.9 Å². The molecule has 1 atom stereocenters. The highest BCUT2D eigenvalue weighted by Gasteiger charge is 2.49. The molecule has 16 nitrogen and oxygen atoms in total. The van der Waals surface area contributed by atoms with Crippen molar-refractivity contribution < 1.29 is 37.1 Å². The maximum atomic E-state index is 15.5. The molecule has 5 aliphatic heterocycles. The molecule has 2 aromatic carbocycles. The summed E-state index contributed by atoms with van der Waals surface area (Å²) in [4.78, 5) is 67.3. The number of carbonyl (C=O) groups is 4. The van der Waals surface area contributed by atoms with Gasteiger partial charge in [0.1, 0.15) is 23.3 Å². The van der Waals surface area contributed by atoms with Crippen LogP contribution in [0.2, 0.25) is 0 Å². The number of alkyl halides is 2. The number of anilines is 6. The summed E-state index contributed by atoms with van der Waals surface area (Å²) in [6, 6.07) is 9.57. The largest absolute Gasteiger partial charge is 0.495 e. The van der Waals surface area contributed by atoms with Crippen molar-refractivity contribution in [1.29, 1.82) is 0 Å². The zero-order chi connectivity index (χ0) is 44.1. The molecule has 3 N–H and O–H groups in total. The Labute approximate surface area is 358 Å². The van der Waals surface area contributed by atoms with E-state index >= 15 is 4.39 Å². The number of hydrazine groups is 1. The molecule has 0 radical (unpaired) electrons. The number of halogens is 3. The van der Waals surface area contributed by atoms with Crippen LogP contribution in [0.3, 0.4) is 0 Å². The van der Waals surface area contributed by atoms with Gasteiger partial charge in [0.25, 0.3) is 11.8 Å². The van der Waals surface area contributed by atoms with Gasteiger partial charge in [-0.2, -0.15) is 13.8 Å². The van der Waals surface area contributed by atoms with Gasteiger partial charge in [-0.1, -0.05) is 0 Å². The van der Waals surface area contributed by atoms with Crippen molar-refractivity contribution in [2.45, 2.75) is 76.4 Å². The summed E-state index contributed by atoms with van der Waals surface area (Å²) in [7, 11) is 4.50. The van der Waals surface area contributed by atoms with E-state index in [1.165, 1.54) is 31.3 Å². The van der Waals surface area contributed by atoms with Crippen molar-refractivity contribution in [3.8, 4) is 5.75 Å². The number of nitrogens with zero attached hydrogens (tertiary/aromatic N) is 8. The lowest BCUT2D eigenvalue weighted by molar-refractivity contribution is -0.140. The predicted octanol–water partition coefficient (Wildman–Crippen LogP) is 4.15. The van der Waals surface area contributed by atoms with E-state index in [1.54, 1.807) is 50.1 Å². The van der Waals surface area contributed by atoms with Gasteiger partial charge in [0.15, 0.2) is 5.82 Å². The van der Waals surface area contributed by atoms with Crippen LogP contribution in [0.5, 0.6) is 5.75 Å². The highest BCUT2D eigenvalue weighted by atomic mass is 19.3. The standard InChI is InChI=1S/C43H54F3N11O5/c1-26(2)57-25-43(45,46)40(61)53(4)34-22-47-41(50-37(34)57)48-31-8-6-27(20-35(31)62-5)38(59)51-56-16-12-28(13-17-56)55-23-42(24-55)14-18-54(19-15-42)32-9-7-29(21-30(32)44)52(3)33-10-11-36(58)49-39(33)60/h6-9,20-22,26,28,33H,10-19,23-25H2,1-5H3,(H,51,59)(H,47,48,50)(H,49,58,60). The molecule has 1 unspecified atom stereocenters. The van der Waals surface area contributed by atoms with Crippen LogP contribution >= 0.6 is 0 Å². The number of fused-ring (bicyclic) bond motifs is 1. The number of amides is 4. The summed E-state index contributed by atoms with van der Waals surface area (Å²) < 4.78 is 50.6. The second-order valence-electron chi connectivity index (χ2n) is 17.5. The fraction of sp³-hybridized carbons (Fsp3) is 0.535. The number of carbonyl (C=O) groups excluding carboxylic acids is 4. The van der Waals surface area contributed by atoms with Crippen LogP contribution in [-0.2, 0) is 14.4 Å². The highest BCUT2D eigenvalue weighted by Crippen LogP contribution is 2.44. The number of hydrogen-bond acceptors (Lipinski definition) is 13. The van der Waals surface area contributed by atoms with E-state index in [1.807, 2.05) is 11.1 Å². The highest BCUT2D eigenvalue weighted by molar-refractivity contribution is 6.02. The van der Waals surface area contributed by atoms with Crippen molar-refractivity contribution >= 4 is 58.1 Å². The van der Waals surface area contributed by atoms with E-state index in [9.17, 15) is 28.0 Å². The van der Waals surface area contributed by atoms with Crippen LogP contribution in [0.4, 0.5) is 47.7 Å². The number of aromatic nitrogens is 2. The molecule has 0 aliphatic carbocycles. The zero-order valence-electron chi connectivity index (χ0n) is 35.7. The normalized spacial score (nSPS) is 21.9. The van der Waals surface area contributed by atoms with E-state index in [4.69, 9.17) is 4.74 Å². The van der Waals surface area contributed by atoms with E-state index in [0.29, 0.717) is 53.9 Å². The Bertz CT molecular complexity index is 2220. The van der Waals surface area contributed by atoms with E-state index in [-0.39, 0.29) is 58.9 Å². The van der Waals surface area contributed by atoms with Gasteiger partial charge in [-0.25, -0.2) is 14.4 Å². The summed E-state index contributed by atoms with van der Waals surface area (Å²) in [5.74, 6) is -5.53. The minimum absolute atomic E-state index is 0.105. The molecule has 4 amide bonds. The lowest BCUT2D eigenvalue weighted by Gasteiger charge is -2.57. The summed E-state index contributed by atoms with van der Waals surface area (Å²) in [5.41, 5.74) is 5.44. The Morgan fingerprint density at radius 2 is 1.71 bits per heavy atom. The van der Waals surface area contributed by atoms with Crippen molar-refractivity contribution in [2.24, 2.45) is 5.41 Å². The number of hydrogen-bond donors (Lipinski definition) is 3. The molecule has 8 rings (SSSR count). The SMILES string of the molecule is COc1cc(C(=O)NN2CCC(N3CC4(CCN(c5ccc(N(C)C6CCC(=O)NC6=O)cc5F)CC4)C3)CC2)ccc1Nc1ncc2c(n1)N(C(C)C)CC(F)(F)C(=O)N2C. The number of rotatable bonds is 10. The number of likely N-dealkylation sites (tertiary alicyclic amines) is 1. The van der Waals surface area contributed by atoms with Crippen LogP contribution in [0.25, 0.3) is 0 Å². The Balaban J connectivity index is 0.805. The first-order valence-electron chi connectivity index (χ1n) is 21.2. The van der Waals surface area contributed by atoms with Crippen LogP contribution in [-0.4, -0.2) is 135 Å². The second-order valence-corrected chi connectivity index (χ2v) is 17.5. The Morgan fingerprint density at radius 3 is 2.37 bits per heavy atom. The average Bonchev–Trinajstić information content (AvgIpc) is 3.31. The topological polar surface area (TPSA) is 159 Å². The summed E-state index contributed by atoms with van der Waals surface area (Å²) >= 11 is 0. The first kappa shape index (κ1) is 43.0. The Kier molecular flexibility index (Phi) is 11.7. The van der Waals surface area contributed by atoms with Crippen molar-refractivity contribution in [3.63, 3.8) is 0 Å². The zero-order valence-corrected chi connectivity index (χ0v) is 35.7. The average molecular weight is 862 g/mol. The number of piperidine rings is 3. The molecule has 332 valence electrons. The monoisotopic (exact) mass is 861 g/mol. The molecular weight excluding hydrogens is 808 g/mol. The molecular formula is C43H54F3N11O5. The summed E-state index contributed by atoms with van der Waals surface area (Å²) in [6.45, 7) is 7.63. The van der Waals surface area contributed by atoms with E-state index in [2.05, 4.69) is 35.8 Å². The molecule has 4 fully saturated rings. The first-order valence-corrected chi connectivity index (χ1v) is 21.2.